The van der Waals surface area contributed by atoms with Crippen LogP contribution in [0.15, 0.2) is 60.7 Å². The quantitative estimate of drug-likeness (QED) is 0.248. The van der Waals surface area contributed by atoms with Gasteiger partial charge >= 0.3 is 0 Å². The highest BCUT2D eigenvalue weighted by atomic mass is 15.3. The Balaban J connectivity index is 1.52. The van der Waals surface area contributed by atoms with Crippen LogP contribution < -0.4 is 5.32 Å². The van der Waals surface area contributed by atoms with Gasteiger partial charge in [0.1, 0.15) is 0 Å². The number of hydrogen-bond donors (Lipinski definition) is 1. The summed E-state index contributed by atoms with van der Waals surface area (Å²) in [6.45, 7) is 24.3. The Morgan fingerprint density at radius 1 is 0.595 bits per heavy atom. The summed E-state index contributed by atoms with van der Waals surface area (Å²) in [5, 5.41) is 3.80. The van der Waals surface area contributed by atoms with Crippen molar-refractivity contribution in [3.05, 3.63) is 105 Å². The van der Waals surface area contributed by atoms with E-state index in [0.29, 0.717) is 6.04 Å². The molecule has 0 unspecified atom stereocenters. The number of aryl methyl sites for hydroxylation is 3. The molecule has 0 bridgehead atoms. The van der Waals surface area contributed by atoms with Crippen LogP contribution in [-0.4, -0.2) is 60.0 Å². The van der Waals surface area contributed by atoms with Gasteiger partial charge in [-0.25, -0.2) is 0 Å². The molecule has 4 rings (SSSR count). The average molecular weight is 569 g/mol. The molecule has 1 aliphatic rings. The maximum absolute atomic E-state index is 3.80. The number of hydrogen-bond acceptors (Lipinski definition) is 4. The second-order valence-corrected chi connectivity index (χ2v) is 12.6. The fourth-order valence-electron chi connectivity index (χ4n) is 6.44. The van der Waals surface area contributed by atoms with Gasteiger partial charge in [0, 0.05) is 71.5 Å². The first-order chi connectivity index (χ1) is 20.4. The van der Waals surface area contributed by atoms with Crippen molar-refractivity contribution in [1.82, 2.24) is 20.0 Å². The Labute approximate surface area is 257 Å². The van der Waals surface area contributed by atoms with E-state index in [1.807, 2.05) is 0 Å². The topological polar surface area (TPSA) is 21.8 Å². The molecule has 0 spiro atoms. The third-order valence-corrected chi connectivity index (χ3v) is 9.19. The first-order valence-corrected chi connectivity index (χ1v) is 16.5. The molecule has 3 aromatic carbocycles. The third-order valence-electron chi connectivity index (χ3n) is 9.19. The van der Waals surface area contributed by atoms with E-state index in [-0.39, 0.29) is 0 Å². The second-order valence-electron chi connectivity index (χ2n) is 12.6. The highest BCUT2D eigenvalue weighted by Crippen LogP contribution is 2.21. The molecule has 0 aromatic heterocycles. The molecule has 0 saturated carbocycles. The Kier molecular flexibility index (Phi) is 12.6. The van der Waals surface area contributed by atoms with E-state index in [4.69, 9.17) is 0 Å². The lowest BCUT2D eigenvalue weighted by atomic mass is 9.98. The molecule has 4 heteroatoms. The predicted molar refractivity (Wildman–Crippen MR) is 180 cm³/mol. The zero-order valence-corrected chi connectivity index (χ0v) is 27.4. The summed E-state index contributed by atoms with van der Waals surface area (Å²) in [5.74, 6) is 0. The van der Waals surface area contributed by atoms with Crippen molar-refractivity contribution in [3.63, 3.8) is 0 Å². The first kappa shape index (κ1) is 32.4. The molecule has 1 fully saturated rings. The third kappa shape index (κ3) is 9.77. The van der Waals surface area contributed by atoms with Gasteiger partial charge in [-0.1, -0.05) is 92.6 Å². The van der Waals surface area contributed by atoms with Crippen molar-refractivity contribution < 1.29 is 0 Å². The molecule has 1 N–H and O–H groups in total. The van der Waals surface area contributed by atoms with Crippen LogP contribution in [0.3, 0.4) is 0 Å². The van der Waals surface area contributed by atoms with Crippen molar-refractivity contribution >= 4 is 0 Å². The van der Waals surface area contributed by atoms with E-state index in [1.165, 1.54) is 57.3 Å². The lowest BCUT2D eigenvalue weighted by Gasteiger charge is -2.27. The largest absolute Gasteiger partial charge is 0.310 e. The van der Waals surface area contributed by atoms with Gasteiger partial charge in [-0.2, -0.15) is 0 Å². The summed E-state index contributed by atoms with van der Waals surface area (Å²) in [6, 6.07) is 23.6. The Morgan fingerprint density at radius 2 is 1.12 bits per heavy atom. The number of rotatable bonds is 12. The van der Waals surface area contributed by atoms with E-state index < -0.39 is 0 Å². The Hall–Kier alpha value is -2.50. The SMILES string of the molecule is CCc1cc(C)cc(CN2CCN(Cc3ccccc3)CCN(Cc3cc(C)cc(CNC(CC)CC)c3C)CC2)c1. The van der Waals surface area contributed by atoms with Gasteiger partial charge in [0.05, 0.1) is 0 Å². The fourth-order valence-corrected chi connectivity index (χ4v) is 6.44. The van der Waals surface area contributed by atoms with Gasteiger partial charge < -0.3 is 5.32 Å². The average Bonchev–Trinajstić information content (AvgIpc) is 3.07. The second kappa shape index (κ2) is 16.4. The highest BCUT2D eigenvalue weighted by Gasteiger charge is 2.19. The van der Waals surface area contributed by atoms with Crippen LogP contribution in [0.25, 0.3) is 0 Å². The molecule has 4 nitrogen and oxygen atoms in total. The summed E-state index contributed by atoms with van der Waals surface area (Å²) in [6.07, 6.45) is 3.46. The predicted octanol–water partition coefficient (Wildman–Crippen LogP) is 7.27. The smallest absolute Gasteiger partial charge is 0.0237 e. The van der Waals surface area contributed by atoms with E-state index in [0.717, 1.165) is 71.9 Å². The maximum Gasteiger partial charge on any atom is 0.0237 e. The van der Waals surface area contributed by atoms with Crippen LogP contribution in [0.4, 0.5) is 0 Å². The summed E-state index contributed by atoms with van der Waals surface area (Å²) < 4.78 is 0. The zero-order chi connectivity index (χ0) is 29.9. The summed E-state index contributed by atoms with van der Waals surface area (Å²) in [7, 11) is 0. The van der Waals surface area contributed by atoms with E-state index in [9.17, 15) is 0 Å². The van der Waals surface area contributed by atoms with Crippen molar-refractivity contribution in [2.24, 2.45) is 0 Å². The molecule has 0 amide bonds. The zero-order valence-electron chi connectivity index (χ0n) is 27.4. The summed E-state index contributed by atoms with van der Waals surface area (Å²) in [4.78, 5) is 8.07. The van der Waals surface area contributed by atoms with Gasteiger partial charge in [0.25, 0.3) is 0 Å². The van der Waals surface area contributed by atoms with Gasteiger partial charge in [-0.05, 0) is 73.4 Å². The molecule has 1 saturated heterocycles. The Morgan fingerprint density at radius 3 is 1.71 bits per heavy atom. The number of benzene rings is 3. The van der Waals surface area contributed by atoms with Gasteiger partial charge in [0.15, 0.2) is 0 Å². The molecule has 1 heterocycles. The van der Waals surface area contributed by atoms with Crippen LogP contribution in [0.2, 0.25) is 0 Å². The van der Waals surface area contributed by atoms with Crippen molar-refractivity contribution in [1.29, 1.82) is 0 Å². The minimum absolute atomic E-state index is 0.592. The van der Waals surface area contributed by atoms with Crippen LogP contribution in [0, 0.1) is 20.8 Å². The standard InChI is InChI=1S/C38H56N4/c1-7-33-21-30(4)22-35(25-33)28-41-16-15-40(27-34-13-11-10-12-14-34)17-19-42(20-18-41)29-37-24-31(5)23-36(32(37)6)26-39-38(8-2)9-3/h10-14,21-25,38-39H,7-9,15-20,26-29H2,1-6H3. The Bertz CT molecular complexity index is 1230. The van der Waals surface area contributed by atoms with Crippen LogP contribution >= 0.6 is 0 Å². The molecule has 0 radical (unpaired) electrons. The summed E-state index contributed by atoms with van der Waals surface area (Å²) in [5.41, 5.74) is 11.5. The molecule has 42 heavy (non-hydrogen) atoms. The van der Waals surface area contributed by atoms with E-state index >= 15 is 0 Å². The maximum atomic E-state index is 3.80. The minimum Gasteiger partial charge on any atom is -0.310 e. The number of nitrogens with zero attached hydrogens (tertiary/aromatic N) is 3. The van der Waals surface area contributed by atoms with Crippen LogP contribution in [-0.2, 0) is 32.6 Å². The lowest BCUT2D eigenvalue weighted by Crippen LogP contribution is -2.35. The normalized spacial score (nSPS) is 16.0. The van der Waals surface area contributed by atoms with Gasteiger partial charge in [-0.15, -0.1) is 0 Å². The molecular weight excluding hydrogens is 512 g/mol. The van der Waals surface area contributed by atoms with Crippen molar-refractivity contribution in [2.45, 2.75) is 93.0 Å². The fraction of sp³-hybridized carbons (Fsp3) is 0.526. The lowest BCUT2D eigenvalue weighted by molar-refractivity contribution is 0.209. The van der Waals surface area contributed by atoms with E-state index in [1.54, 1.807) is 0 Å². The van der Waals surface area contributed by atoms with Gasteiger partial charge in [0.2, 0.25) is 0 Å². The molecular formula is C38H56N4. The van der Waals surface area contributed by atoms with E-state index in [2.05, 4.69) is 122 Å². The van der Waals surface area contributed by atoms with Crippen molar-refractivity contribution in [3.8, 4) is 0 Å². The van der Waals surface area contributed by atoms with Crippen LogP contribution in [0.1, 0.15) is 78.1 Å². The number of nitrogens with one attached hydrogen (secondary N) is 1. The molecule has 3 aromatic rings. The van der Waals surface area contributed by atoms with Crippen molar-refractivity contribution in [2.75, 3.05) is 39.3 Å². The molecule has 228 valence electrons. The monoisotopic (exact) mass is 568 g/mol. The first-order valence-electron chi connectivity index (χ1n) is 16.5. The molecule has 1 aliphatic heterocycles. The summed E-state index contributed by atoms with van der Waals surface area (Å²) >= 11 is 0. The highest BCUT2D eigenvalue weighted by molar-refractivity contribution is 5.38. The van der Waals surface area contributed by atoms with Crippen LogP contribution in [0.5, 0.6) is 0 Å². The molecule has 0 aliphatic carbocycles. The van der Waals surface area contributed by atoms with Gasteiger partial charge in [-0.3, -0.25) is 14.7 Å². The minimum atomic E-state index is 0.592. The molecule has 0 atom stereocenters.